The normalized spacial score (nSPS) is 18.4. The largest absolute Gasteiger partial charge is 0.384 e. The number of carbonyl (C=O) groups excluding carboxylic acids is 1. The molecule has 0 aromatic carbocycles. The Morgan fingerprint density at radius 3 is 2.95 bits per heavy atom. The fourth-order valence-corrected chi connectivity index (χ4v) is 2.66. The Morgan fingerprint density at radius 2 is 2.30 bits per heavy atom. The molecule has 0 saturated carbocycles. The zero-order chi connectivity index (χ0) is 14.5. The summed E-state index contributed by atoms with van der Waals surface area (Å²) in [5, 5.41) is 3.35. The van der Waals surface area contributed by atoms with Gasteiger partial charge < -0.3 is 10.2 Å². The van der Waals surface area contributed by atoms with Gasteiger partial charge in [0.15, 0.2) is 0 Å². The lowest BCUT2D eigenvalue weighted by atomic mass is 10.1. The van der Waals surface area contributed by atoms with Gasteiger partial charge in [-0.2, -0.15) is 0 Å². The first-order chi connectivity index (χ1) is 9.65. The van der Waals surface area contributed by atoms with Gasteiger partial charge in [0, 0.05) is 31.5 Å². The van der Waals surface area contributed by atoms with Crippen LogP contribution >= 0.6 is 0 Å². The van der Waals surface area contributed by atoms with Crippen molar-refractivity contribution in [2.45, 2.75) is 40.0 Å². The molecule has 1 saturated heterocycles. The van der Waals surface area contributed by atoms with Crippen LogP contribution in [0, 0.1) is 12.8 Å². The number of aromatic nitrogens is 1. The average Bonchev–Trinajstić information content (AvgIpc) is 2.93. The van der Waals surface area contributed by atoms with Crippen molar-refractivity contribution in [2.75, 3.05) is 25.0 Å². The number of anilines is 1. The van der Waals surface area contributed by atoms with Crippen LogP contribution in [-0.4, -0.2) is 35.4 Å². The van der Waals surface area contributed by atoms with Gasteiger partial charge in [-0.1, -0.05) is 20.3 Å². The predicted molar refractivity (Wildman–Crippen MR) is 82.1 cm³/mol. The number of hydrogen-bond donors (Lipinski definition) is 1. The molecule has 1 unspecified atom stereocenters. The van der Waals surface area contributed by atoms with Crippen molar-refractivity contribution < 1.29 is 4.79 Å². The summed E-state index contributed by atoms with van der Waals surface area (Å²) in [6.45, 7) is 8.90. The van der Waals surface area contributed by atoms with Gasteiger partial charge in [0.25, 0.3) is 5.91 Å². The van der Waals surface area contributed by atoms with Crippen LogP contribution in [0.15, 0.2) is 12.3 Å². The number of hydrogen-bond acceptors (Lipinski definition) is 3. The Morgan fingerprint density at radius 1 is 1.50 bits per heavy atom. The molecule has 4 nitrogen and oxygen atoms in total. The molecule has 110 valence electrons. The summed E-state index contributed by atoms with van der Waals surface area (Å²) in [6, 6.07) is 1.97. The lowest BCUT2D eigenvalue weighted by Crippen LogP contribution is -2.29. The van der Waals surface area contributed by atoms with E-state index in [4.69, 9.17) is 0 Å². The van der Waals surface area contributed by atoms with E-state index in [1.807, 2.05) is 17.9 Å². The standard InChI is InChI=1S/C16H25N3O/c1-4-7-17-15-9-12(3)18-10-14(15)16(20)19-8-6-13(5-2)11-19/h9-10,13H,4-8,11H2,1-3H3,(H,17,18). The maximum atomic E-state index is 12.6. The SMILES string of the molecule is CCCNc1cc(C)ncc1C(=O)N1CCC(CC)C1. The molecule has 1 atom stereocenters. The van der Waals surface area contributed by atoms with Crippen molar-refractivity contribution in [1.29, 1.82) is 0 Å². The number of pyridine rings is 1. The van der Waals surface area contributed by atoms with Gasteiger partial charge in [0.2, 0.25) is 0 Å². The molecule has 1 fully saturated rings. The molecule has 1 aromatic heterocycles. The van der Waals surface area contributed by atoms with Crippen LogP contribution in [0.4, 0.5) is 5.69 Å². The van der Waals surface area contributed by atoms with Gasteiger partial charge in [-0.05, 0) is 31.7 Å². The van der Waals surface area contributed by atoms with Crippen molar-refractivity contribution in [3.05, 3.63) is 23.5 Å². The number of likely N-dealkylation sites (tertiary alicyclic amines) is 1. The van der Waals surface area contributed by atoms with Gasteiger partial charge >= 0.3 is 0 Å². The van der Waals surface area contributed by atoms with Crippen LogP contribution in [0.2, 0.25) is 0 Å². The molecule has 2 rings (SSSR count). The fraction of sp³-hybridized carbons (Fsp3) is 0.625. The topological polar surface area (TPSA) is 45.2 Å². The van der Waals surface area contributed by atoms with E-state index >= 15 is 0 Å². The number of nitrogens with zero attached hydrogens (tertiary/aromatic N) is 2. The molecular weight excluding hydrogens is 250 g/mol. The van der Waals surface area contributed by atoms with Crippen molar-refractivity contribution in [3.8, 4) is 0 Å². The van der Waals surface area contributed by atoms with Gasteiger partial charge in [-0.15, -0.1) is 0 Å². The Kier molecular flexibility index (Phi) is 4.99. The quantitative estimate of drug-likeness (QED) is 0.898. The second kappa shape index (κ2) is 6.73. The lowest BCUT2D eigenvalue weighted by molar-refractivity contribution is 0.0787. The molecule has 1 aliphatic heterocycles. The summed E-state index contributed by atoms with van der Waals surface area (Å²) < 4.78 is 0. The first-order valence-corrected chi connectivity index (χ1v) is 7.65. The van der Waals surface area contributed by atoms with Gasteiger partial charge in [-0.3, -0.25) is 9.78 Å². The summed E-state index contributed by atoms with van der Waals surface area (Å²) in [5.74, 6) is 0.775. The fourth-order valence-electron chi connectivity index (χ4n) is 2.66. The third kappa shape index (κ3) is 3.30. The minimum absolute atomic E-state index is 0.118. The highest BCUT2D eigenvalue weighted by Crippen LogP contribution is 2.24. The van der Waals surface area contributed by atoms with Crippen LogP contribution in [0.5, 0.6) is 0 Å². The second-order valence-corrected chi connectivity index (χ2v) is 5.61. The van der Waals surface area contributed by atoms with Crippen molar-refractivity contribution in [2.24, 2.45) is 5.92 Å². The Labute approximate surface area is 121 Å². The molecule has 4 heteroatoms. The second-order valence-electron chi connectivity index (χ2n) is 5.61. The third-order valence-electron chi connectivity index (χ3n) is 3.99. The highest BCUT2D eigenvalue weighted by atomic mass is 16.2. The number of amides is 1. The van der Waals surface area contributed by atoms with Crippen LogP contribution in [0.1, 0.15) is 49.2 Å². The van der Waals surface area contributed by atoms with Gasteiger partial charge in [0.05, 0.1) is 11.3 Å². The molecule has 1 amide bonds. The summed E-state index contributed by atoms with van der Waals surface area (Å²) in [5.41, 5.74) is 2.57. The van der Waals surface area contributed by atoms with E-state index in [1.165, 1.54) is 0 Å². The molecule has 2 heterocycles. The zero-order valence-electron chi connectivity index (χ0n) is 12.8. The van der Waals surface area contributed by atoms with Gasteiger partial charge in [0.1, 0.15) is 0 Å². The van der Waals surface area contributed by atoms with E-state index < -0.39 is 0 Å². The Hall–Kier alpha value is -1.58. The van der Waals surface area contributed by atoms with E-state index in [-0.39, 0.29) is 5.91 Å². The van der Waals surface area contributed by atoms with Gasteiger partial charge in [-0.25, -0.2) is 0 Å². The minimum atomic E-state index is 0.118. The van der Waals surface area contributed by atoms with Crippen molar-refractivity contribution >= 4 is 11.6 Å². The Bertz CT molecular complexity index is 473. The molecule has 1 aromatic rings. The number of carbonyl (C=O) groups is 1. The molecular formula is C16H25N3O. The summed E-state index contributed by atoms with van der Waals surface area (Å²) >= 11 is 0. The van der Waals surface area contributed by atoms with E-state index in [0.717, 1.165) is 50.3 Å². The molecule has 1 aliphatic rings. The van der Waals surface area contributed by atoms with E-state index in [1.54, 1.807) is 6.20 Å². The van der Waals surface area contributed by atoms with Crippen LogP contribution in [0.25, 0.3) is 0 Å². The maximum Gasteiger partial charge on any atom is 0.257 e. The first kappa shape index (κ1) is 14.8. The van der Waals surface area contributed by atoms with Crippen molar-refractivity contribution in [1.82, 2.24) is 9.88 Å². The summed E-state index contributed by atoms with van der Waals surface area (Å²) in [4.78, 5) is 18.9. The molecule has 0 radical (unpaired) electrons. The van der Waals surface area contributed by atoms with Crippen LogP contribution in [-0.2, 0) is 0 Å². The monoisotopic (exact) mass is 275 g/mol. The highest BCUT2D eigenvalue weighted by molar-refractivity contribution is 5.99. The summed E-state index contributed by atoms with van der Waals surface area (Å²) in [7, 11) is 0. The van der Waals surface area contributed by atoms with E-state index in [2.05, 4.69) is 24.1 Å². The molecule has 1 N–H and O–H groups in total. The first-order valence-electron chi connectivity index (χ1n) is 7.65. The van der Waals surface area contributed by atoms with Crippen molar-refractivity contribution in [3.63, 3.8) is 0 Å². The van der Waals surface area contributed by atoms with E-state index in [0.29, 0.717) is 11.5 Å². The summed E-state index contributed by atoms with van der Waals surface area (Å²) in [6.07, 6.45) is 5.03. The maximum absolute atomic E-state index is 12.6. The molecule has 0 spiro atoms. The highest BCUT2D eigenvalue weighted by Gasteiger charge is 2.27. The van der Waals surface area contributed by atoms with E-state index in [9.17, 15) is 4.79 Å². The molecule has 0 aliphatic carbocycles. The molecule has 0 bridgehead atoms. The smallest absolute Gasteiger partial charge is 0.257 e. The minimum Gasteiger partial charge on any atom is -0.384 e. The predicted octanol–water partition coefficient (Wildman–Crippen LogP) is 3.08. The number of rotatable bonds is 5. The number of aryl methyl sites for hydroxylation is 1. The lowest BCUT2D eigenvalue weighted by Gasteiger charge is -2.19. The van der Waals surface area contributed by atoms with Crippen LogP contribution < -0.4 is 5.32 Å². The number of nitrogens with one attached hydrogen (secondary N) is 1. The Balaban J connectivity index is 2.16. The zero-order valence-corrected chi connectivity index (χ0v) is 12.8. The molecule has 20 heavy (non-hydrogen) atoms. The third-order valence-corrected chi connectivity index (χ3v) is 3.99. The average molecular weight is 275 g/mol. The van der Waals surface area contributed by atoms with Crippen LogP contribution in [0.3, 0.4) is 0 Å².